The van der Waals surface area contributed by atoms with Crippen LogP contribution in [-0.4, -0.2) is 11.4 Å². The fourth-order valence-electron chi connectivity index (χ4n) is 1.58. The monoisotopic (exact) mass is 213 g/mol. The van der Waals surface area contributed by atoms with E-state index in [0.717, 1.165) is 0 Å². The molecule has 80 valence electrons. The van der Waals surface area contributed by atoms with Crippen LogP contribution in [0.3, 0.4) is 0 Å². The van der Waals surface area contributed by atoms with Gasteiger partial charge in [0, 0.05) is 11.6 Å². The van der Waals surface area contributed by atoms with E-state index in [-0.39, 0.29) is 5.78 Å². The van der Waals surface area contributed by atoms with Crippen LogP contribution in [0.2, 0.25) is 0 Å². The van der Waals surface area contributed by atoms with Crippen LogP contribution in [0.4, 0.5) is 0 Å². The molecule has 0 bridgehead atoms. The summed E-state index contributed by atoms with van der Waals surface area (Å²) in [5, 5.41) is 8.96. The SMILES string of the molecule is CC1(C)OC(c2ccccc2C#N)=CC1=O. The molecule has 0 N–H and O–H groups in total. The zero-order valence-electron chi connectivity index (χ0n) is 9.15. The molecule has 0 spiro atoms. The predicted molar refractivity (Wildman–Crippen MR) is 59.3 cm³/mol. The molecular weight excluding hydrogens is 202 g/mol. The Balaban J connectivity index is 2.46. The lowest BCUT2D eigenvalue weighted by atomic mass is 10.0. The lowest BCUT2D eigenvalue weighted by molar-refractivity contribution is -0.125. The van der Waals surface area contributed by atoms with Gasteiger partial charge in [-0.2, -0.15) is 5.26 Å². The van der Waals surface area contributed by atoms with Crippen LogP contribution < -0.4 is 0 Å². The van der Waals surface area contributed by atoms with Crippen molar-refractivity contribution >= 4 is 11.5 Å². The maximum atomic E-state index is 11.6. The van der Waals surface area contributed by atoms with Gasteiger partial charge in [0.2, 0.25) is 5.78 Å². The maximum absolute atomic E-state index is 11.6. The number of nitriles is 1. The number of carbonyl (C=O) groups is 1. The number of benzene rings is 1. The van der Waals surface area contributed by atoms with Gasteiger partial charge in [0.15, 0.2) is 5.60 Å². The molecular formula is C13H11NO2. The average Bonchev–Trinajstić information content (AvgIpc) is 2.53. The van der Waals surface area contributed by atoms with Gasteiger partial charge in [0.05, 0.1) is 11.6 Å². The van der Waals surface area contributed by atoms with Crippen LogP contribution in [0.15, 0.2) is 30.3 Å². The topological polar surface area (TPSA) is 50.1 Å². The Bertz CT molecular complexity index is 521. The fourth-order valence-corrected chi connectivity index (χ4v) is 1.58. The number of ether oxygens (including phenoxy) is 1. The van der Waals surface area contributed by atoms with E-state index >= 15 is 0 Å². The molecule has 1 aliphatic heterocycles. The molecule has 0 fully saturated rings. The molecule has 0 saturated heterocycles. The van der Waals surface area contributed by atoms with E-state index < -0.39 is 5.60 Å². The second kappa shape index (κ2) is 3.49. The Kier molecular flexibility index (Phi) is 2.28. The molecule has 1 aliphatic rings. The van der Waals surface area contributed by atoms with Gasteiger partial charge in [0.25, 0.3) is 0 Å². The maximum Gasteiger partial charge on any atom is 0.202 e. The summed E-state index contributed by atoms with van der Waals surface area (Å²) in [5.74, 6) is 0.405. The van der Waals surface area contributed by atoms with E-state index in [9.17, 15) is 4.79 Å². The van der Waals surface area contributed by atoms with E-state index in [1.807, 2.05) is 6.07 Å². The molecule has 1 heterocycles. The Hall–Kier alpha value is -2.08. The average molecular weight is 213 g/mol. The zero-order chi connectivity index (χ0) is 11.8. The molecule has 0 atom stereocenters. The van der Waals surface area contributed by atoms with E-state index in [0.29, 0.717) is 16.9 Å². The highest BCUT2D eigenvalue weighted by Gasteiger charge is 2.35. The molecule has 0 aromatic heterocycles. The molecule has 1 aromatic rings. The molecule has 1 aromatic carbocycles. The second-order valence-electron chi connectivity index (χ2n) is 4.14. The van der Waals surface area contributed by atoms with E-state index in [1.165, 1.54) is 6.08 Å². The minimum atomic E-state index is -0.822. The number of nitrogens with zero attached hydrogens (tertiary/aromatic N) is 1. The largest absolute Gasteiger partial charge is 0.479 e. The van der Waals surface area contributed by atoms with Crippen molar-refractivity contribution in [1.29, 1.82) is 5.26 Å². The molecule has 16 heavy (non-hydrogen) atoms. The number of ketones is 1. The van der Waals surface area contributed by atoms with Crippen LogP contribution in [0.1, 0.15) is 25.0 Å². The third-order valence-corrected chi connectivity index (χ3v) is 2.53. The van der Waals surface area contributed by atoms with E-state index in [1.54, 1.807) is 32.0 Å². The van der Waals surface area contributed by atoms with E-state index in [2.05, 4.69) is 6.07 Å². The summed E-state index contributed by atoms with van der Waals surface area (Å²) in [6.07, 6.45) is 1.45. The second-order valence-corrected chi connectivity index (χ2v) is 4.14. The smallest absolute Gasteiger partial charge is 0.202 e. The molecule has 3 heteroatoms. The van der Waals surface area contributed by atoms with Gasteiger partial charge < -0.3 is 4.74 Å². The van der Waals surface area contributed by atoms with Crippen molar-refractivity contribution < 1.29 is 9.53 Å². The first kappa shape index (κ1) is 10.4. The van der Waals surface area contributed by atoms with Crippen molar-refractivity contribution in [2.24, 2.45) is 0 Å². The normalized spacial score (nSPS) is 17.6. The standard InChI is InChI=1S/C13H11NO2/c1-13(2)12(15)7-11(16-13)10-6-4-3-5-9(10)8-14/h3-7H,1-2H3. The van der Waals surface area contributed by atoms with Gasteiger partial charge in [-0.3, -0.25) is 4.79 Å². The van der Waals surface area contributed by atoms with Crippen LogP contribution in [0.25, 0.3) is 5.76 Å². The Morgan fingerprint density at radius 2 is 2.00 bits per heavy atom. The number of rotatable bonds is 1. The third-order valence-electron chi connectivity index (χ3n) is 2.53. The highest BCUT2D eigenvalue weighted by atomic mass is 16.5. The van der Waals surface area contributed by atoms with Crippen LogP contribution in [0.5, 0.6) is 0 Å². The highest BCUT2D eigenvalue weighted by Crippen LogP contribution is 2.32. The van der Waals surface area contributed by atoms with Crippen molar-refractivity contribution in [1.82, 2.24) is 0 Å². The molecule has 3 nitrogen and oxygen atoms in total. The van der Waals surface area contributed by atoms with Gasteiger partial charge in [0.1, 0.15) is 5.76 Å². The van der Waals surface area contributed by atoms with Crippen molar-refractivity contribution in [3.63, 3.8) is 0 Å². The molecule has 2 rings (SSSR count). The summed E-state index contributed by atoms with van der Waals surface area (Å²) in [6, 6.07) is 9.16. The summed E-state index contributed by atoms with van der Waals surface area (Å²) in [7, 11) is 0. The first-order valence-corrected chi connectivity index (χ1v) is 4.99. The molecule has 0 radical (unpaired) electrons. The minimum Gasteiger partial charge on any atom is -0.479 e. The number of hydrogen-bond donors (Lipinski definition) is 0. The van der Waals surface area contributed by atoms with Crippen LogP contribution in [0, 0.1) is 11.3 Å². The first-order valence-electron chi connectivity index (χ1n) is 4.99. The number of hydrogen-bond acceptors (Lipinski definition) is 3. The summed E-state index contributed by atoms with van der Waals surface area (Å²) >= 11 is 0. The van der Waals surface area contributed by atoms with Crippen molar-refractivity contribution in [3.05, 3.63) is 41.5 Å². The summed E-state index contributed by atoms with van der Waals surface area (Å²) in [6.45, 7) is 3.43. The quantitative estimate of drug-likeness (QED) is 0.719. The lowest BCUT2D eigenvalue weighted by Gasteiger charge is -2.18. The zero-order valence-corrected chi connectivity index (χ0v) is 9.15. The molecule has 0 amide bonds. The van der Waals surface area contributed by atoms with E-state index in [4.69, 9.17) is 10.00 Å². The van der Waals surface area contributed by atoms with Gasteiger partial charge in [-0.25, -0.2) is 0 Å². The van der Waals surface area contributed by atoms with Crippen molar-refractivity contribution in [3.8, 4) is 6.07 Å². The summed E-state index contributed by atoms with van der Waals surface area (Å²) in [5.41, 5.74) is 0.362. The first-order chi connectivity index (χ1) is 7.54. The predicted octanol–water partition coefficient (Wildman–Crippen LogP) is 2.28. The summed E-state index contributed by atoms with van der Waals surface area (Å²) in [4.78, 5) is 11.6. The number of carbonyl (C=O) groups excluding carboxylic acids is 1. The summed E-state index contributed by atoms with van der Waals surface area (Å²) < 4.78 is 5.55. The van der Waals surface area contributed by atoms with Gasteiger partial charge in [-0.15, -0.1) is 0 Å². The minimum absolute atomic E-state index is 0.0738. The van der Waals surface area contributed by atoms with Gasteiger partial charge >= 0.3 is 0 Å². The van der Waals surface area contributed by atoms with Gasteiger partial charge in [-0.1, -0.05) is 12.1 Å². The molecule has 0 aliphatic carbocycles. The van der Waals surface area contributed by atoms with Crippen LogP contribution in [-0.2, 0) is 9.53 Å². The Morgan fingerprint density at radius 3 is 2.56 bits per heavy atom. The lowest BCUT2D eigenvalue weighted by Crippen LogP contribution is -2.27. The molecule has 0 unspecified atom stereocenters. The Morgan fingerprint density at radius 1 is 1.31 bits per heavy atom. The third kappa shape index (κ3) is 1.59. The van der Waals surface area contributed by atoms with Gasteiger partial charge in [-0.05, 0) is 26.0 Å². The van der Waals surface area contributed by atoms with Crippen molar-refractivity contribution in [2.45, 2.75) is 19.4 Å². The molecule has 0 saturated carbocycles. The van der Waals surface area contributed by atoms with Crippen molar-refractivity contribution in [2.75, 3.05) is 0 Å². The Labute approximate surface area is 94.0 Å². The highest BCUT2D eigenvalue weighted by molar-refractivity contribution is 6.05. The fraction of sp³-hybridized carbons (Fsp3) is 0.231. The van der Waals surface area contributed by atoms with Crippen LogP contribution >= 0.6 is 0 Å².